The molecule has 64 valence electrons. The molecule has 0 aliphatic rings. The van der Waals surface area contributed by atoms with E-state index in [9.17, 15) is 4.79 Å². The highest BCUT2D eigenvalue weighted by Gasteiger charge is 2.12. The van der Waals surface area contributed by atoms with Gasteiger partial charge in [0.15, 0.2) is 0 Å². The number of carbonyl (C=O) groups is 1. The quantitative estimate of drug-likeness (QED) is 0.339. The maximum absolute atomic E-state index is 10.7. The Kier molecular flexibility index (Phi) is 5.42. The summed E-state index contributed by atoms with van der Waals surface area (Å²) in [6, 6.07) is -0.694. The van der Waals surface area contributed by atoms with Crippen LogP contribution in [-0.4, -0.2) is 32.3 Å². The average molecular weight is 159 g/mol. The number of esters is 1. The van der Waals surface area contributed by atoms with Gasteiger partial charge < -0.3 is 15.2 Å². The lowest BCUT2D eigenvalue weighted by Gasteiger charge is -2.07. The molecule has 0 fully saturated rings. The van der Waals surface area contributed by atoms with E-state index in [1.54, 1.807) is 6.08 Å². The highest BCUT2D eigenvalue weighted by Crippen LogP contribution is 1.85. The predicted octanol–water partition coefficient (Wildman–Crippen LogP) is -0.311. The summed E-state index contributed by atoms with van der Waals surface area (Å²) in [6.07, 6.45) is 1.59. The second-order valence-corrected chi connectivity index (χ2v) is 1.96. The molecule has 11 heavy (non-hydrogen) atoms. The zero-order chi connectivity index (χ0) is 8.69. The third kappa shape index (κ3) is 4.52. The molecule has 0 bridgehead atoms. The van der Waals surface area contributed by atoms with Crippen molar-refractivity contribution in [3.8, 4) is 0 Å². The molecule has 0 amide bonds. The molecule has 2 N–H and O–H groups in total. The van der Waals surface area contributed by atoms with E-state index in [1.165, 1.54) is 7.11 Å². The molecule has 0 aliphatic heterocycles. The van der Waals surface area contributed by atoms with Crippen molar-refractivity contribution >= 4 is 5.97 Å². The maximum atomic E-state index is 10.7. The van der Waals surface area contributed by atoms with Gasteiger partial charge in [0.05, 0.1) is 20.3 Å². The molecule has 0 aromatic rings. The molecular formula is C7H13NO3. The lowest BCUT2D eigenvalue weighted by atomic mass is 10.3. The normalized spacial score (nSPS) is 12.2. The van der Waals surface area contributed by atoms with E-state index >= 15 is 0 Å². The van der Waals surface area contributed by atoms with E-state index in [4.69, 9.17) is 10.5 Å². The van der Waals surface area contributed by atoms with Gasteiger partial charge >= 0.3 is 5.97 Å². The Hall–Kier alpha value is -0.870. The largest absolute Gasteiger partial charge is 0.468 e. The molecule has 0 aliphatic carbocycles. The van der Waals surface area contributed by atoms with Crippen LogP contribution < -0.4 is 5.73 Å². The predicted molar refractivity (Wildman–Crippen MR) is 41.0 cm³/mol. The SMILES string of the molecule is C=CCOC[C@H](N)C(=O)OC. The van der Waals surface area contributed by atoms with Gasteiger partial charge in [0.25, 0.3) is 0 Å². The van der Waals surface area contributed by atoms with E-state index in [0.29, 0.717) is 6.61 Å². The topological polar surface area (TPSA) is 61.5 Å². The Morgan fingerprint density at radius 3 is 2.91 bits per heavy atom. The Balaban J connectivity index is 3.43. The number of hydrogen-bond acceptors (Lipinski definition) is 4. The van der Waals surface area contributed by atoms with Crippen molar-refractivity contribution in [1.82, 2.24) is 0 Å². The number of methoxy groups -OCH3 is 1. The summed E-state index contributed by atoms with van der Waals surface area (Å²) in [7, 11) is 1.29. The lowest BCUT2D eigenvalue weighted by Crippen LogP contribution is -2.36. The zero-order valence-corrected chi connectivity index (χ0v) is 6.58. The first-order valence-electron chi connectivity index (χ1n) is 3.24. The standard InChI is InChI=1S/C7H13NO3/c1-3-4-11-5-6(8)7(9)10-2/h3,6H,1,4-5,8H2,2H3/t6-/m0/s1. The summed E-state index contributed by atoms with van der Waals surface area (Å²) in [6.45, 7) is 4.00. The smallest absolute Gasteiger partial charge is 0.325 e. The van der Waals surface area contributed by atoms with Crippen LogP contribution in [0.2, 0.25) is 0 Å². The fourth-order valence-corrected chi connectivity index (χ4v) is 0.498. The zero-order valence-electron chi connectivity index (χ0n) is 6.58. The van der Waals surface area contributed by atoms with Gasteiger partial charge in [0.1, 0.15) is 6.04 Å². The minimum absolute atomic E-state index is 0.165. The van der Waals surface area contributed by atoms with Gasteiger partial charge in [0, 0.05) is 0 Å². The molecule has 4 heteroatoms. The third-order valence-corrected chi connectivity index (χ3v) is 1.04. The first-order chi connectivity index (χ1) is 5.22. The second kappa shape index (κ2) is 5.88. The maximum Gasteiger partial charge on any atom is 0.325 e. The van der Waals surface area contributed by atoms with Gasteiger partial charge in [-0.15, -0.1) is 6.58 Å². The van der Waals surface area contributed by atoms with Gasteiger partial charge in [-0.1, -0.05) is 6.08 Å². The van der Waals surface area contributed by atoms with Crippen molar-refractivity contribution in [3.05, 3.63) is 12.7 Å². The molecule has 1 atom stereocenters. The molecule has 0 aromatic carbocycles. The number of rotatable bonds is 5. The Bertz CT molecular complexity index is 136. The molecule has 0 heterocycles. The van der Waals surface area contributed by atoms with Crippen LogP contribution in [0.25, 0.3) is 0 Å². The van der Waals surface area contributed by atoms with E-state index in [1.807, 2.05) is 0 Å². The van der Waals surface area contributed by atoms with Gasteiger partial charge in [-0.2, -0.15) is 0 Å². The summed E-state index contributed by atoms with van der Waals surface area (Å²) in [5.74, 6) is -0.464. The molecule has 0 rings (SSSR count). The van der Waals surface area contributed by atoms with Crippen molar-refractivity contribution in [1.29, 1.82) is 0 Å². The highest BCUT2D eigenvalue weighted by atomic mass is 16.5. The number of ether oxygens (including phenoxy) is 2. The summed E-state index contributed by atoms with van der Waals surface area (Å²) in [4.78, 5) is 10.7. The van der Waals surface area contributed by atoms with Gasteiger partial charge in [-0.25, -0.2) is 0 Å². The van der Waals surface area contributed by atoms with Crippen LogP contribution in [0.15, 0.2) is 12.7 Å². The van der Waals surface area contributed by atoms with E-state index in [-0.39, 0.29) is 6.61 Å². The number of hydrogen-bond donors (Lipinski definition) is 1. The molecule has 0 aromatic heterocycles. The van der Waals surface area contributed by atoms with E-state index in [2.05, 4.69) is 11.3 Å². The molecule has 4 nitrogen and oxygen atoms in total. The second-order valence-electron chi connectivity index (χ2n) is 1.96. The van der Waals surface area contributed by atoms with Crippen molar-refractivity contribution in [2.24, 2.45) is 5.73 Å². The van der Waals surface area contributed by atoms with E-state index < -0.39 is 12.0 Å². The van der Waals surface area contributed by atoms with E-state index in [0.717, 1.165) is 0 Å². The van der Waals surface area contributed by atoms with Crippen molar-refractivity contribution in [2.45, 2.75) is 6.04 Å². The van der Waals surface area contributed by atoms with Crippen LogP contribution in [-0.2, 0) is 14.3 Å². The molecule has 0 saturated heterocycles. The molecule has 0 unspecified atom stereocenters. The monoisotopic (exact) mass is 159 g/mol. The Labute approximate surface area is 66.0 Å². The Morgan fingerprint density at radius 1 is 1.82 bits per heavy atom. The van der Waals surface area contributed by atoms with Crippen LogP contribution in [0.4, 0.5) is 0 Å². The van der Waals surface area contributed by atoms with Gasteiger partial charge in [-0.3, -0.25) is 4.79 Å². The first kappa shape index (κ1) is 10.1. The highest BCUT2D eigenvalue weighted by molar-refractivity contribution is 5.75. The minimum Gasteiger partial charge on any atom is -0.468 e. The number of nitrogens with two attached hydrogens (primary N) is 1. The molecule has 0 spiro atoms. The summed E-state index contributed by atoms with van der Waals surface area (Å²) < 4.78 is 9.30. The van der Waals surface area contributed by atoms with Crippen LogP contribution in [0, 0.1) is 0 Å². The molecule has 0 radical (unpaired) electrons. The fraction of sp³-hybridized carbons (Fsp3) is 0.571. The average Bonchev–Trinajstić information content (AvgIpc) is 2.03. The third-order valence-electron chi connectivity index (χ3n) is 1.04. The van der Waals surface area contributed by atoms with Crippen molar-refractivity contribution in [3.63, 3.8) is 0 Å². The van der Waals surface area contributed by atoms with Crippen LogP contribution >= 0.6 is 0 Å². The number of carbonyl (C=O) groups excluding carboxylic acids is 1. The molecular weight excluding hydrogens is 146 g/mol. The lowest BCUT2D eigenvalue weighted by molar-refractivity contribution is -0.143. The summed E-state index contributed by atoms with van der Waals surface area (Å²) in [5.41, 5.74) is 5.33. The summed E-state index contributed by atoms with van der Waals surface area (Å²) >= 11 is 0. The minimum atomic E-state index is -0.694. The van der Waals surface area contributed by atoms with Crippen LogP contribution in [0.1, 0.15) is 0 Å². The molecule has 0 saturated carbocycles. The first-order valence-corrected chi connectivity index (χ1v) is 3.24. The summed E-state index contributed by atoms with van der Waals surface area (Å²) in [5, 5.41) is 0. The fourth-order valence-electron chi connectivity index (χ4n) is 0.498. The van der Waals surface area contributed by atoms with Crippen molar-refractivity contribution < 1.29 is 14.3 Å². The van der Waals surface area contributed by atoms with Crippen LogP contribution in [0.5, 0.6) is 0 Å². The van der Waals surface area contributed by atoms with Gasteiger partial charge in [-0.05, 0) is 0 Å². The van der Waals surface area contributed by atoms with Crippen LogP contribution in [0.3, 0.4) is 0 Å². The van der Waals surface area contributed by atoms with Gasteiger partial charge in [0.2, 0.25) is 0 Å². The van der Waals surface area contributed by atoms with Crippen molar-refractivity contribution in [2.75, 3.05) is 20.3 Å². The Morgan fingerprint density at radius 2 is 2.45 bits per heavy atom.